The molecule has 1 aliphatic rings. The zero-order chi connectivity index (χ0) is 15.5. The second-order valence-electron chi connectivity index (χ2n) is 4.53. The Balaban J connectivity index is 0.000000396. The van der Waals surface area contributed by atoms with E-state index in [9.17, 15) is 14.4 Å². The van der Waals surface area contributed by atoms with Gasteiger partial charge in [0.15, 0.2) is 0 Å². The monoisotopic (exact) mass is 285 g/mol. The van der Waals surface area contributed by atoms with Crippen molar-refractivity contribution in [3.8, 4) is 0 Å². The number of hydrogen-bond acceptors (Lipinski definition) is 4. The van der Waals surface area contributed by atoms with Crippen molar-refractivity contribution in [3.63, 3.8) is 0 Å². The van der Waals surface area contributed by atoms with Crippen molar-refractivity contribution in [2.45, 2.75) is 45.4 Å². The Morgan fingerprint density at radius 1 is 1.25 bits per heavy atom. The molecular weight excluding hydrogens is 262 g/mol. The number of aliphatic hydroxyl groups excluding tert-OH is 1. The quantitative estimate of drug-likeness (QED) is 0.418. The van der Waals surface area contributed by atoms with Crippen LogP contribution < -0.4 is 0 Å². The highest BCUT2D eigenvalue weighted by molar-refractivity contribution is 6.01. The predicted octanol–water partition coefficient (Wildman–Crippen LogP) is 1.34. The molecular formula is C14H23NO5. The first-order valence-electron chi connectivity index (χ1n) is 6.79. The third-order valence-electron chi connectivity index (χ3n) is 2.80. The number of hydrogen-bond donors (Lipinski definition) is 2. The lowest BCUT2D eigenvalue weighted by Gasteiger charge is -2.12. The maximum Gasteiger partial charge on any atom is 0.330 e. The first-order valence-corrected chi connectivity index (χ1v) is 6.79. The van der Waals surface area contributed by atoms with Gasteiger partial charge in [0.1, 0.15) is 0 Å². The second-order valence-corrected chi connectivity index (χ2v) is 4.53. The number of amides is 2. The van der Waals surface area contributed by atoms with Crippen molar-refractivity contribution in [2.75, 3.05) is 13.2 Å². The molecule has 114 valence electrons. The summed E-state index contributed by atoms with van der Waals surface area (Å²) in [4.78, 5) is 33.3. The van der Waals surface area contributed by atoms with Crippen LogP contribution in [0.2, 0.25) is 0 Å². The van der Waals surface area contributed by atoms with Crippen LogP contribution in [0.3, 0.4) is 0 Å². The van der Waals surface area contributed by atoms with Crippen LogP contribution in [0.15, 0.2) is 12.2 Å². The highest BCUT2D eigenvalue weighted by Gasteiger charge is 2.27. The Labute approximate surface area is 119 Å². The molecule has 1 rings (SSSR count). The molecule has 0 atom stereocenters. The number of nitrogens with zero attached hydrogens (tertiary/aromatic N) is 1. The van der Waals surface area contributed by atoms with Crippen LogP contribution in [0.4, 0.5) is 0 Å². The Bertz CT molecular complexity index is 349. The number of unbranched alkanes of at least 4 members (excludes halogenated alkanes) is 1. The molecule has 1 heterocycles. The summed E-state index contributed by atoms with van der Waals surface area (Å²) in [6, 6.07) is 0. The van der Waals surface area contributed by atoms with E-state index in [1.54, 1.807) is 0 Å². The number of aliphatic carboxylic acids is 1. The second kappa shape index (κ2) is 10.1. The molecule has 6 nitrogen and oxygen atoms in total. The molecule has 0 aromatic rings. The molecule has 1 fully saturated rings. The van der Waals surface area contributed by atoms with Gasteiger partial charge in [-0.2, -0.15) is 0 Å². The van der Waals surface area contributed by atoms with Crippen molar-refractivity contribution in [1.29, 1.82) is 0 Å². The van der Waals surface area contributed by atoms with Gasteiger partial charge in [0.05, 0.1) is 0 Å². The van der Waals surface area contributed by atoms with E-state index in [-0.39, 0.29) is 18.4 Å². The lowest BCUT2D eigenvalue weighted by molar-refractivity contribution is -0.138. The van der Waals surface area contributed by atoms with Gasteiger partial charge in [0.25, 0.3) is 0 Å². The average Bonchev–Trinajstić information content (AvgIpc) is 2.71. The summed E-state index contributed by atoms with van der Waals surface area (Å²) in [7, 11) is 0. The molecule has 0 saturated carbocycles. The van der Waals surface area contributed by atoms with Crippen LogP contribution >= 0.6 is 0 Å². The van der Waals surface area contributed by atoms with E-state index in [0.29, 0.717) is 44.2 Å². The van der Waals surface area contributed by atoms with Crippen molar-refractivity contribution in [1.82, 2.24) is 4.90 Å². The lowest BCUT2D eigenvalue weighted by atomic mass is 10.2. The summed E-state index contributed by atoms with van der Waals surface area (Å²) in [5.41, 5.74) is 0.299. The van der Waals surface area contributed by atoms with E-state index < -0.39 is 5.97 Å². The molecule has 1 aliphatic heterocycles. The fourth-order valence-corrected chi connectivity index (χ4v) is 1.66. The summed E-state index contributed by atoms with van der Waals surface area (Å²) in [6.07, 6.45) is 3.52. The summed E-state index contributed by atoms with van der Waals surface area (Å²) < 4.78 is 0. The van der Waals surface area contributed by atoms with Gasteiger partial charge in [-0.1, -0.05) is 19.9 Å². The van der Waals surface area contributed by atoms with Gasteiger partial charge < -0.3 is 10.2 Å². The third-order valence-corrected chi connectivity index (χ3v) is 2.80. The van der Waals surface area contributed by atoms with Crippen LogP contribution in [0.5, 0.6) is 0 Å². The van der Waals surface area contributed by atoms with Gasteiger partial charge in [-0.15, -0.1) is 0 Å². The molecule has 2 N–H and O–H groups in total. The molecule has 0 aromatic carbocycles. The Morgan fingerprint density at radius 3 is 2.15 bits per heavy atom. The van der Waals surface area contributed by atoms with Gasteiger partial charge >= 0.3 is 5.97 Å². The third kappa shape index (κ3) is 7.04. The Kier molecular flexibility index (Phi) is 9.28. The van der Waals surface area contributed by atoms with Gasteiger partial charge in [-0.25, -0.2) is 4.79 Å². The maximum atomic E-state index is 11.0. The van der Waals surface area contributed by atoms with Crippen LogP contribution in [-0.4, -0.2) is 46.0 Å². The van der Waals surface area contributed by atoms with E-state index in [4.69, 9.17) is 10.2 Å². The molecule has 0 spiro atoms. The molecule has 0 unspecified atom stereocenters. The number of carboxylic acids is 1. The smallest absolute Gasteiger partial charge is 0.330 e. The Hall–Kier alpha value is -1.69. The highest BCUT2D eigenvalue weighted by atomic mass is 16.4. The van der Waals surface area contributed by atoms with Gasteiger partial charge in [-0.05, 0) is 19.3 Å². The molecule has 0 aliphatic carbocycles. The number of rotatable bonds is 7. The number of likely N-dealkylation sites (tertiary alicyclic amines) is 1. The van der Waals surface area contributed by atoms with Crippen molar-refractivity contribution >= 4 is 17.8 Å². The minimum atomic E-state index is -0.883. The van der Waals surface area contributed by atoms with Crippen molar-refractivity contribution in [2.24, 2.45) is 0 Å². The molecule has 0 radical (unpaired) electrons. The molecule has 0 bridgehead atoms. The number of carboxylic acid groups (broad SMARTS) is 1. The van der Waals surface area contributed by atoms with E-state index in [1.165, 1.54) is 4.90 Å². The molecule has 6 heteroatoms. The standard InChI is InChI=1S/C8H13NO3.C6H10O2/c10-6-2-1-5-9-7(11)3-4-8(9)12;1-3-4-5(2)6(7)8/h10H,1-6H2;2-4H2,1H3,(H,7,8). The number of aliphatic hydroxyl groups is 1. The molecule has 1 saturated heterocycles. The fraction of sp³-hybridized carbons (Fsp3) is 0.643. The average molecular weight is 285 g/mol. The molecule has 20 heavy (non-hydrogen) atoms. The van der Waals surface area contributed by atoms with Crippen LogP contribution in [0, 0.1) is 0 Å². The zero-order valence-electron chi connectivity index (χ0n) is 11.9. The molecule has 2 amide bonds. The predicted molar refractivity (Wildman–Crippen MR) is 74.0 cm³/mol. The van der Waals surface area contributed by atoms with Crippen molar-refractivity contribution in [3.05, 3.63) is 12.2 Å². The fourth-order valence-electron chi connectivity index (χ4n) is 1.66. The summed E-state index contributed by atoms with van der Waals surface area (Å²) >= 11 is 0. The minimum Gasteiger partial charge on any atom is -0.478 e. The van der Waals surface area contributed by atoms with E-state index in [0.717, 1.165) is 6.42 Å². The summed E-state index contributed by atoms with van der Waals surface area (Å²) in [5.74, 6) is -1.03. The SMILES string of the molecule is C=C(CCC)C(=O)O.O=C1CCC(=O)N1CCCCO. The maximum absolute atomic E-state index is 11.0. The van der Waals surface area contributed by atoms with Gasteiger partial charge in [-0.3, -0.25) is 14.5 Å². The van der Waals surface area contributed by atoms with E-state index in [2.05, 4.69) is 6.58 Å². The first kappa shape index (κ1) is 18.3. The lowest BCUT2D eigenvalue weighted by Crippen LogP contribution is -2.30. The van der Waals surface area contributed by atoms with E-state index in [1.807, 2.05) is 6.92 Å². The normalized spacial score (nSPS) is 14.0. The topological polar surface area (TPSA) is 94.9 Å². The zero-order valence-corrected chi connectivity index (χ0v) is 11.9. The van der Waals surface area contributed by atoms with Gasteiger partial charge in [0, 0.05) is 31.6 Å². The number of carbonyl (C=O) groups excluding carboxylic acids is 2. The number of carbonyl (C=O) groups is 3. The largest absolute Gasteiger partial charge is 0.478 e. The summed E-state index contributed by atoms with van der Waals surface area (Å²) in [6.45, 7) is 5.86. The molecule has 0 aromatic heterocycles. The van der Waals surface area contributed by atoms with Crippen LogP contribution in [0.1, 0.15) is 45.4 Å². The van der Waals surface area contributed by atoms with Crippen LogP contribution in [-0.2, 0) is 14.4 Å². The number of imide groups is 1. The summed E-state index contributed by atoms with van der Waals surface area (Å²) in [5, 5.41) is 16.7. The van der Waals surface area contributed by atoms with E-state index >= 15 is 0 Å². The van der Waals surface area contributed by atoms with Crippen molar-refractivity contribution < 1.29 is 24.6 Å². The van der Waals surface area contributed by atoms with Crippen LogP contribution in [0.25, 0.3) is 0 Å². The minimum absolute atomic E-state index is 0.0714. The first-order chi connectivity index (χ1) is 9.43. The highest BCUT2D eigenvalue weighted by Crippen LogP contribution is 2.12. The van der Waals surface area contributed by atoms with Gasteiger partial charge in [0.2, 0.25) is 11.8 Å². The Morgan fingerprint density at radius 2 is 1.80 bits per heavy atom.